The molecule has 0 aliphatic carbocycles. The molecule has 0 saturated heterocycles. The highest BCUT2D eigenvalue weighted by Gasteiger charge is 2.16. The van der Waals surface area contributed by atoms with E-state index in [0.29, 0.717) is 13.1 Å². The van der Waals surface area contributed by atoms with Crippen LogP contribution in [0.5, 0.6) is 0 Å². The van der Waals surface area contributed by atoms with Crippen LogP contribution in [-0.4, -0.2) is 23.3 Å². The van der Waals surface area contributed by atoms with Gasteiger partial charge in [0.25, 0.3) is 0 Å². The van der Waals surface area contributed by atoms with Gasteiger partial charge in [-0.1, -0.05) is 42.5 Å². The number of benzene rings is 2. The molecule has 0 bridgehead atoms. The fourth-order valence-electron chi connectivity index (χ4n) is 2.29. The van der Waals surface area contributed by atoms with Gasteiger partial charge in [-0.25, -0.2) is 4.39 Å². The van der Waals surface area contributed by atoms with Crippen LogP contribution in [0.4, 0.5) is 4.39 Å². The Labute approximate surface area is 141 Å². The molecule has 0 aliphatic heterocycles. The molecule has 0 atom stereocenters. The van der Waals surface area contributed by atoms with Crippen LogP contribution in [0, 0.1) is 5.82 Å². The summed E-state index contributed by atoms with van der Waals surface area (Å²) in [5.74, 6) is -0.867. The van der Waals surface area contributed by atoms with Gasteiger partial charge in [-0.05, 0) is 30.2 Å². The van der Waals surface area contributed by atoms with Crippen molar-refractivity contribution < 1.29 is 14.0 Å². The van der Waals surface area contributed by atoms with Crippen LogP contribution in [0.1, 0.15) is 24.5 Å². The third-order valence-corrected chi connectivity index (χ3v) is 3.67. The molecule has 0 radical (unpaired) electrons. The Balaban J connectivity index is 1.83. The van der Waals surface area contributed by atoms with Gasteiger partial charge in [0.15, 0.2) is 0 Å². The minimum atomic E-state index is -0.337. The van der Waals surface area contributed by atoms with Crippen molar-refractivity contribution in [2.24, 2.45) is 0 Å². The van der Waals surface area contributed by atoms with Crippen molar-refractivity contribution in [3.8, 4) is 0 Å². The number of amides is 2. The number of carbonyl (C=O) groups excluding carboxylic acids is 2. The van der Waals surface area contributed by atoms with Crippen molar-refractivity contribution in [1.29, 1.82) is 0 Å². The first-order chi connectivity index (χ1) is 11.6. The maximum absolute atomic E-state index is 12.8. The molecule has 24 heavy (non-hydrogen) atoms. The standard InChI is InChI=1S/C19H21FN2O2/c1-2-22(14-16-6-4-3-5-7-16)19(24)12-18(23)21-13-15-8-10-17(20)11-9-15/h3-11H,2,12-14H2,1H3,(H,21,23). The van der Waals surface area contributed by atoms with Crippen molar-refractivity contribution in [1.82, 2.24) is 10.2 Å². The van der Waals surface area contributed by atoms with Crippen LogP contribution in [-0.2, 0) is 22.7 Å². The van der Waals surface area contributed by atoms with E-state index in [1.54, 1.807) is 17.0 Å². The summed E-state index contributed by atoms with van der Waals surface area (Å²) in [6, 6.07) is 15.5. The quantitative estimate of drug-likeness (QED) is 0.795. The van der Waals surface area contributed by atoms with Crippen LogP contribution < -0.4 is 5.32 Å². The van der Waals surface area contributed by atoms with E-state index in [1.165, 1.54) is 12.1 Å². The van der Waals surface area contributed by atoms with E-state index in [2.05, 4.69) is 5.32 Å². The largest absolute Gasteiger partial charge is 0.352 e. The molecule has 126 valence electrons. The van der Waals surface area contributed by atoms with Crippen LogP contribution in [0.25, 0.3) is 0 Å². The molecule has 2 aromatic carbocycles. The van der Waals surface area contributed by atoms with Gasteiger partial charge < -0.3 is 10.2 Å². The molecule has 0 unspecified atom stereocenters. The van der Waals surface area contributed by atoms with Gasteiger partial charge in [0, 0.05) is 19.6 Å². The Morgan fingerprint density at radius 2 is 1.67 bits per heavy atom. The zero-order chi connectivity index (χ0) is 17.4. The van der Waals surface area contributed by atoms with Gasteiger partial charge in [0.1, 0.15) is 12.2 Å². The fourth-order valence-corrected chi connectivity index (χ4v) is 2.29. The second-order valence-corrected chi connectivity index (χ2v) is 5.47. The predicted octanol–water partition coefficient (Wildman–Crippen LogP) is 2.88. The molecule has 0 spiro atoms. The number of hydrogen-bond acceptors (Lipinski definition) is 2. The second-order valence-electron chi connectivity index (χ2n) is 5.47. The van der Waals surface area contributed by atoms with Gasteiger partial charge in [-0.15, -0.1) is 0 Å². The number of nitrogens with one attached hydrogen (secondary N) is 1. The van der Waals surface area contributed by atoms with Gasteiger partial charge in [-0.3, -0.25) is 9.59 Å². The molecule has 1 N–H and O–H groups in total. The molecular formula is C19H21FN2O2. The molecule has 4 nitrogen and oxygen atoms in total. The molecular weight excluding hydrogens is 307 g/mol. The van der Waals surface area contributed by atoms with E-state index < -0.39 is 0 Å². The van der Waals surface area contributed by atoms with Crippen LogP contribution >= 0.6 is 0 Å². The third kappa shape index (κ3) is 5.50. The highest BCUT2D eigenvalue weighted by Crippen LogP contribution is 2.06. The summed E-state index contributed by atoms with van der Waals surface area (Å²) in [6.07, 6.45) is -0.193. The smallest absolute Gasteiger partial charge is 0.232 e. The first-order valence-corrected chi connectivity index (χ1v) is 7.91. The molecule has 5 heteroatoms. The summed E-state index contributed by atoms with van der Waals surface area (Å²) < 4.78 is 12.8. The summed E-state index contributed by atoms with van der Waals surface area (Å²) in [6.45, 7) is 3.19. The van der Waals surface area contributed by atoms with E-state index in [4.69, 9.17) is 0 Å². The van der Waals surface area contributed by atoms with Crippen molar-refractivity contribution in [3.63, 3.8) is 0 Å². The van der Waals surface area contributed by atoms with Gasteiger partial charge in [0.2, 0.25) is 11.8 Å². The third-order valence-electron chi connectivity index (χ3n) is 3.67. The van der Waals surface area contributed by atoms with E-state index in [0.717, 1.165) is 11.1 Å². The summed E-state index contributed by atoms with van der Waals surface area (Å²) in [7, 11) is 0. The number of carbonyl (C=O) groups is 2. The lowest BCUT2D eigenvalue weighted by molar-refractivity contribution is -0.136. The zero-order valence-corrected chi connectivity index (χ0v) is 13.7. The summed E-state index contributed by atoms with van der Waals surface area (Å²) in [4.78, 5) is 25.8. The van der Waals surface area contributed by atoms with Crippen molar-refractivity contribution >= 4 is 11.8 Å². The predicted molar refractivity (Wildman–Crippen MR) is 90.4 cm³/mol. The lowest BCUT2D eigenvalue weighted by atomic mass is 10.2. The molecule has 0 saturated carbocycles. The zero-order valence-electron chi connectivity index (χ0n) is 13.7. The molecule has 0 heterocycles. The van der Waals surface area contributed by atoms with Crippen molar-refractivity contribution in [3.05, 3.63) is 71.5 Å². The van der Waals surface area contributed by atoms with Crippen LogP contribution in [0.3, 0.4) is 0 Å². The lowest BCUT2D eigenvalue weighted by Crippen LogP contribution is -2.35. The average Bonchev–Trinajstić information content (AvgIpc) is 2.60. The van der Waals surface area contributed by atoms with Crippen LogP contribution in [0.15, 0.2) is 54.6 Å². The normalized spacial score (nSPS) is 10.2. The van der Waals surface area contributed by atoms with E-state index in [1.807, 2.05) is 37.3 Å². The SMILES string of the molecule is CCN(Cc1ccccc1)C(=O)CC(=O)NCc1ccc(F)cc1. The number of nitrogens with zero attached hydrogens (tertiary/aromatic N) is 1. The first kappa shape index (κ1) is 17.7. The Morgan fingerprint density at radius 3 is 2.29 bits per heavy atom. The minimum absolute atomic E-state index is 0.193. The average molecular weight is 328 g/mol. The molecule has 0 fully saturated rings. The maximum atomic E-state index is 12.8. The molecule has 0 aromatic heterocycles. The monoisotopic (exact) mass is 328 g/mol. The molecule has 2 amide bonds. The van der Waals surface area contributed by atoms with Crippen molar-refractivity contribution in [2.75, 3.05) is 6.54 Å². The summed E-state index contributed by atoms with van der Waals surface area (Å²) in [5.41, 5.74) is 1.81. The molecule has 2 aromatic rings. The first-order valence-electron chi connectivity index (χ1n) is 7.91. The van der Waals surface area contributed by atoms with Gasteiger partial charge in [-0.2, -0.15) is 0 Å². The minimum Gasteiger partial charge on any atom is -0.352 e. The molecule has 0 aliphatic rings. The summed E-state index contributed by atoms with van der Waals surface area (Å²) in [5, 5.41) is 2.68. The Morgan fingerprint density at radius 1 is 1.00 bits per heavy atom. The fraction of sp³-hybridized carbons (Fsp3) is 0.263. The van der Waals surface area contributed by atoms with E-state index in [-0.39, 0.29) is 30.6 Å². The second kappa shape index (κ2) is 8.82. The van der Waals surface area contributed by atoms with Gasteiger partial charge in [0.05, 0.1) is 0 Å². The lowest BCUT2D eigenvalue weighted by Gasteiger charge is -2.20. The van der Waals surface area contributed by atoms with Crippen LogP contribution in [0.2, 0.25) is 0 Å². The number of rotatable bonds is 7. The number of hydrogen-bond donors (Lipinski definition) is 1. The Bertz CT molecular complexity index is 672. The van der Waals surface area contributed by atoms with E-state index in [9.17, 15) is 14.0 Å². The van der Waals surface area contributed by atoms with E-state index >= 15 is 0 Å². The number of halogens is 1. The Hall–Kier alpha value is -2.69. The Kier molecular flexibility index (Phi) is 6.49. The topological polar surface area (TPSA) is 49.4 Å². The van der Waals surface area contributed by atoms with Gasteiger partial charge >= 0.3 is 0 Å². The van der Waals surface area contributed by atoms with Crippen molar-refractivity contribution in [2.45, 2.75) is 26.4 Å². The highest BCUT2D eigenvalue weighted by atomic mass is 19.1. The highest BCUT2D eigenvalue weighted by molar-refractivity contribution is 5.96. The maximum Gasteiger partial charge on any atom is 0.232 e. The summed E-state index contributed by atoms with van der Waals surface area (Å²) >= 11 is 0. The molecule has 2 rings (SSSR count).